The first-order valence-electron chi connectivity index (χ1n) is 6.60. The second-order valence-electron chi connectivity index (χ2n) is 5.25. The molecule has 0 saturated heterocycles. The van der Waals surface area contributed by atoms with Crippen LogP contribution in [0.25, 0.3) is 10.8 Å². The minimum absolute atomic E-state index is 0.547. The molecule has 1 saturated carbocycles. The van der Waals surface area contributed by atoms with E-state index >= 15 is 0 Å². The van der Waals surface area contributed by atoms with Crippen LogP contribution in [0.5, 0.6) is 0 Å². The molecule has 0 spiro atoms. The molecule has 2 N–H and O–H groups in total. The Hall–Kier alpha value is -2.05. The van der Waals surface area contributed by atoms with Gasteiger partial charge in [-0.05, 0) is 31.4 Å². The van der Waals surface area contributed by atoms with Gasteiger partial charge in [-0.25, -0.2) is 0 Å². The fraction of sp³-hybridized carbons (Fsp3) is 0.312. The van der Waals surface area contributed by atoms with Crippen molar-refractivity contribution in [1.82, 2.24) is 0 Å². The average Bonchev–Trinajstić information content (AvgIpc) is 2.42. The summed E-state index contributed by atoms with van der Waals surface area (Å²) in [5.41, 5.74) is 1.12. The maximum absolute atomic E-state index is 10.1. The lowest BCUT2D eigenvalue weighted by Gasteiger charge is -2.37. The second-order valence-corrected chi connectivity index (χ2v) is 5.25. The summed E-state index contributed by atoms with van der Waals surface area (Å²) in [5, 5.41) is 24.6. The summed E-state index contributed by atoms with van der Waals surface area (Å²) in [6, 6.07) is 13.8. The van der Waals surface area contributed by atoms with Gasteiger partial charge in [-0.1, -0.05) is 24.3 Å². The third-order valence-corrected chi connectivity index (χ3v) is 3.94. The monoisotopic (exact) mass is 252 g/mol. The van der Waals surface area contributed by atoms with E-state index in [1.807, 2.05) is 36.4 Å². The molecule has 1 aliphatic carbocycles. The zero-order valence-electron chi connectivity index (χ0n) is 10.7. The van der Waals surface area contributed by atoms with Crippen molar-refractivity contribution in [2.75, 3.05) is 11.9 Å². The van der Waals surface area contributed by atoms with E-state index in [-0.39, 0.29) is 0 Å². The van der Waals surface area contributed by atoms with Crippen LogP contribution in [0.4, 0.5) is 5.69 Å². The van der Waals surface area contributed by atoms with Crippen LogP contribution in [0.3, 0.4) is 0 Å². The number of fused-ring (bicyclic) bond motifs is 1. The van der Waals surface area contributed by atoms with Crippen molar-refractivity contribution in [3.05, 3.63) is 42.0 Å². The van der Waals surface area contributed by atoms with E-state index < -0.39 is 5.60 Å². The smallest absolute Gasteiger partial charge is 0.0998 e. The third-order valence-electron chi connectivity index (χ3n) is 3.94. The van der Waals surface area contributed by atoms with Gasteiger partial charge in [0.15, 0.2) is 0 Å². The molecule has 1 aliphatic rings. The molecule has 3 heteroatoms. The molecule has 19 heavy (non-hydrogen) atoms. The van der Waals surface area contributed by atoms with Gasteiger partial charge in [0.2, 0.25) is 0 Å². The van der Waals surface area contributed by atoms with Crippen LogP contribution in [0.1, 0.15) is 24.8 Å². The lowest BCUT2D eigenvalue weighted by Crippen LogP contribution is -2.43. The number of rotatable bonds is 3. The number of benzene rings is 2. The summed E-state index contributed by atoms with van der Waals surface area (Å²) in [6.45, 7) is 0.572. The van der Waals surface area contributed by atoms with Gasteiger partial charge in [0.05, 0.1) is 17.2 Å². The summed E-state index contributed by atoms with van der Waals surface area (Å²) < 4.78 is 0. The Balaban J connectivity index is 1.94. The van der Waals surface area contributed by atoms with E-state index in [9.17, 15) is 5.11 Å². The fourth-order valence-electron chi connectivity index (χ4n) is 2.57. The van der Waals surface area contributed by atoms with E-state index in [1.54, 1.807) is 0 Å². The molecular formula is C16H16N2O. The predicted octanol–water partition coefficient (Wildman–Crippen LogP) is 3.04. The van der Waals surface area contributed by atoms with Gasteiger partial charge in [0.25, 0.3) is 0 Å². The number of anilines is 1. The maximum Gasteiger partial charge on any atom is 0.0998 e. The normalized spacial score (nSPS) is 16.6. The molecule has 0 unspecified atom stereocenters. The SMILES string of the molecule is N#Cc1ccc(NCC2(O)CCC2)c2ccccc12. The molecule has 0 aliphatic heterocycles. The van der Waals surface area contributed by atoms with Crippen LogP contribution in [0.2, 0.25) is 0 Å². The summed E-state index contributed by atoms with van der Waals surface area (Å²) in [7, 11) is 0. The first-order valence-corrected chi connectivity index (χ1v) is 6.60. The topological polar surface area (TPSA) is 56.0 Å². The Morgan fingerprint density at radius 2 is 1.89 bits per heavy atom. The highest BCUT2D eigenvalue weighted by Gasteiger charge is 2.33. The minimum atomic E-state index is -0.547. The first-order chi connectivity index (χ1) is 9.22. The third kappa shape index (κ3) is 2.16. The second kappa shape index (κ2) is 4.56. The highest BCUT2D eigenvalue weighted by molar-refractivity contribution is 5.97. The Bertz CT molecular complexity index is 653. The summed E-state index contributed by atoms with van der Waals surface area (Å²) >= 11 is 0. The number of nitrogens with zero attached hydrogens (tertiary/aromatic N) is 1. The number of hydrogen-bond donors (Lipinski definition) is 2. The fourth-order valence-corrected chi connectivity index (χ4v) is 2.57. The van der Waals surface area contributed by atoms with Crippen LogP contribution in [-0.2, 0) is 0 Å². The molecular weight excluding hydrogens is 236 g/mol. The Kier molecular flexibility index (Phi) is 2.88. The zero-order valence-corrected chi connectivity index (χ0v) is 10.7. The van der Waals surface area contributed by atoms with Crippen LogP contribution >= 0.6 is 0 Å². The van der Waals surface area contributed by atoms with Gasteiger partial charge in [0, 0.05) is 23.0 Å². The maximum atomic E-state index is 10.1. The first kappa shape index (κ1) is 12.0. The van der Waals surface area contributed by atoms with Crippen LogP contribution < -0.4 is 5.32 Å². The van der Waals surface area contributed by atoms with Crippen molar-refractivity contribution in [2.45, 2.75) is 24.9 Å². The van der Waals surface area contributed by atoms with Crippen molar-refractivity contribution in [3.8, 4) is 6.07 Å². The van der Waals surface area contributed by atoms with Crippen molar-refractivity contribution < 1.29 is 5.11 Å². The van der Waals surface area contributed by atoms with Crippen LogP contribution in [-0.4, -0.2) is 17.3 Å². The summed E-state index contributed by atoms with van der Waals surface area (Å²) in [4.78, 5) is 0. The standard InChI is InChI=1S/C16H16N2O/c17-10-12-6-7-15(14-5-2-1-4-13(12)14)18-11-16(19)8-3-9-16/h1-2,4-7,18-19H,3,8-9,11H2. The molecule has 0 aromatic heterocycles. The van der Waals surface area contributed by atoms with E-state index in [2.05, 4.69) is 11.4 Å². The zero-order chi connectivity index (χ0) is 13.3. The van der Waals surface area contributed by atoms with Crippen molar-refractivity contribution in [3.63, 3.8) is 0 Å². The Labute approximate surface area is 112 Å². The molecule has 0 atom stereocenters. The van der Waals surface area contributed by atoms with Gasteiger partial charge in [0.1, 0.15) is 0 Å². The summed E-state index contributed by atoms with van der Waals surface area (Å²) in [5.74, 6) is 0. The molecule has 0 radical (unpaired) electrons. The molecule has 96 valence electrons. The largest absolute Gasteiger partial charge is 0.388 e. The molecule has 0 bridgehead atoms. The van der Waals surface area contributed by atoms with Crippen molar-refractivity contribution in [1.29, 1.82) is 5.26 Å². The molecule has 3 nitrogen and oxygen atoms in total. The van der Waals surface area contributed by atoms with Crippen molar-refractivity contribution in [2.24, 2.45) is 0 Å². The number of nitriles is 1. The lowest BCUT2D eigenvalue weighted by atomic mass is 9.80. The van der Waals surface area contributed by atoms with Gasteiger partial charge < -0.3 is 10.4 Å². The highest BCUT2D eigenvalue weighted by atomic mass is 16.3. The van der Waals surface area contributed by atoms with Gasteiger partial charge in [-0.2, -0.15) is 5.26 Å². The summed E-state index contributed by atoms with van der Waals surface area (Å²) in [6.07, 6.45) is 2.84. The van der Waals surface area contributed by atoms with E-state index in [0.717, 1.165) is 35.7 Å². The molecule has 1 fully saturated rings. The molecule has 3 rings (SSSR count). The minimum Gasteiger partial charge on any atom is -0.388 e. The molecule has 0 heterocycles. The van der Waals surface area contributed by atoms with Crippen molar-refractivity contribution >= 4 is 16.5 Å². The highest BCUT2D eigenvalue weighted by Crippen LogP contribution is 2.33. The predicted molar refractivity (Wildman–Crippen MR) is 76.0 cm³/mol. The Morgan fingerprint density at radius 1 is 1.16 bits per heavy atom. The van der Waals surface area contributed by atoms with Gasteiger partial charge in [-0.3, -0.25) is 0 Å². The lowest BCUT2D eigenvalue weighted by molar-refractivity contribution is -0.0201. The number of aliphatic hydroxyl groups is 1. The van der Waals surface area contributed by atoms with E-state index in [0.29, 0.717) is 12.1 Å². The quantitative estimate of drug-likeness (QED) is 0.882. The van der Waals surface area contributed by atoms with E-state index in [1.165, 1.54) is 0 Å². The van der Waals surface area contributed by atoms with Crippen LogP contribution in [0, 0.1) is 11.3 Å². The van der Waals surface area contributed by atoms with Crippen LogP contribution in [0.15, 0.2) is 36.4 Å². The number of nitrogens with one attached hydrogen (secondary N) is 1. The van der Waals surface area contributed by atoms with E-state index in [4.69, 9.17) is 5.26 Å². The average molecular weight is 252 g/mol. The number of hydrogen-bond acceptors (Lipinski definition) is 3. The Morgan fingerprint density at radius 3 is 2.53 bits per heavy atom. The van der Waals surface area contributed by atoms with Gasteiger partial charge >= 0.3 is 0 Å². The molecule has 2 aromatic carbocycles. The molecule has 2 aromatic rings. The molecule has 0 amide bonds. The van der Waals surface area contributed by atoms with Gasteiger partial charge in [-0.15, -0.1) is 0 Å².